The normalized spacial score (nSPS) is 44.1. The van der Waals surface area contributed by atoms with Crippen molar-refractivity contribution in [3.8, 4) is 0 Å². The van der Waals surface area contributed by atoms with E-state index in [-0.39, 0.29) is 23.7 Å². The highest BCUT2D eigenvalue weighted by Gasteiger charge is 2.52. The molecule has 18 heavy (non-hydrogen) atoms. The SMILES string of the molecule is CCC1CC1NC(=O)[C@H]1C2C=CC(C2)[C@H]1C(=O)O. The van der Waals surface area contributed by atoms with Gasteiger partial charge in [-0.25, -0.2) is 0 Å². The number of carboxylic acids is 1. The molecule has 98 valence electrons. The molecule has 0 saturated heterocycles. The summed E-state index contributed by atoms with van der Waals surface area (Å²) < 4.78 is 0. The Balaban J connectivity index is 1.69. The smallest absolute Gasteiger partial charge is 0.307 e. The van der Waals surface area contributed by atoms with Crippen molar-refractivity contribution < 1.29 is 14.7 Å². The molecule has 3 aliphatic rings. The van der Waals surface area contributed by atoms with Crippen molar-refractivity contribution in [3.05, 3.63) is 12.2 Å². The number of carbonyl (C=O) groups is 2. The van der Waals surface area contributed by atoms with E-state index in [1.165, 1.54) is 0 Å². The van der Waals surface area contributed by atoms with E-state index in [2.05, 4.69) is 12.2 Å². The molecule has 1 amide bonds. The lowest BCUT2D eigenvalue weighted by atomic mass is 9.82. The zero-order valence-electron chi connectivity index (χ0n) is 10.5. The quantitative estimate of drug-likeness (QED) is 0.741. The van der Waals surface area contributed by atoms with E-state index in [9.17, 15) is 14.7 Å². The number of allylic oxidation sites excluding steroid dienone is 2. The van der Waals surface area contributed by atoms with Gasteiger partial charge in [-0.2, -0.15) is 0 Å². The van der Waals surface area contributed by atoms with E-state index in [1.807, 2.05) is 12.2 Å². The number of nitrogens with one attached hydrogen (secondary N) is 1. The molecule has 0 spiro atoms. The molecular weight excluding hydrogens is 230 g/mol. The number of hydrogen-bond acceptors (Lipinski definition) is 2. The highest BCUT2D eigenvalue weighted by Crippen LogP contribution is 2.48. The summed E-state index contributed by atoms with van der Waals surface area (Å²) in [7, 11) is 0. The Kier molecular flexibility index (Phi) is 2.68. The van der Waals surface area contributed by atoms with E-state index < -0.39 is 11.9 Å². The average Bonchev–Trinajstić information content (AvgIpc) is 2.78. The van der Waals surface area contributed by atoms with Crippen molar-refractivity contribution in [2.24, 2.45) is 29.6 Å². The highest BCUT2D eigenvalue weighted by molar-refractivity contribution is 5.87. The molecule has 2 saturated carbocycles. The Bertz CT molecular complexity index is 417. The third-order valence-corrected chi connectivity index (χ3v) is 4.82. The van der Waals surface area contributed by atoms with Crippen LogP contribution < -0.4 is 5.32 Å². The van der Waals surface area contributed by atoms with Crippen LogP contribution in [0, 0.1) is 29.6 Å². The topological polar surface area (TPSA) is 66.4 Å². The molecule has 3 aliphatic carbocycles. The van der Waals surface area contributed by atoms with E-state index in [0.717, 1.165) is 19.3 Å². The van der Waals surface area contributed by atoms with E-state index >= 15 is 0 Å². The molecule has 2 fully saturated rings. The first-order valence-electron chi connectivity index (χ1n) is 6.83. The Morgan fingerprint density at radius 1 is 1.22 bits per heavy atom. The Labute approximate surface area is 106 Å². The molecule has 0 aliphatic heterocycles. The van der Waals surface area contributed by atoms with Crippen LogP contribution in [0.2, 0.25) is 0 Å². The average molecular weight is 249 g/mol. The zero-order valence-corrected chi connectivity index (χ0v) is 10.5. The molecule has 0 heterocycles. The number of fused-ring (bicyclic) bond motifs is 2. The summed E-state index contributed by atoms with van der Waals surface area (Å²) in [6.07, 6.45) is 6.97. The van der Waals surface area contributed by atoms with Crippen LogP contribution >= 0.6 is 0 Å². The monoisotopic (exact) mass is 249 g/mol. The third kappa shape index (κ3) is 1.74. The first kappa shape index (κ1) is 11.8. The second-order valence-corrected chi connectivity index (χ2v) is 5.86. The first-order valence-corrected chi connectivity index (χ1v) is 6.83. The lowest BCUT2D eigenvalue weighted by molar-refractivity contribution is -0.147. The molecule has 0 aromatic rings. The van der Waals surface area contributed by atoms with Gasteiger partial charge in [0, 0.05) is 6.04 Å². The predicted molar refractivity (Wildman–Crippen MR) is 65.7 cm³/mol. The van der Waals surface area contributed by atoms with Crippen molar-refractivity contribution in [3.63, 3.8) is 0 Å². The summed E-state index contributed by atoms with van der Waals surface area (Å²) >= 11 is 0. The largest absolute Gasteiger partial charge is 0.481 e. The Morgan fingerprint density at radius 3 is 2.44 bits per heavy atom. The lowest BCUT2D eigenvalue weighted by Crippen LogP contribution is -2.41. The molecule has 4 unspecified atom stereocenters. The van der Waals surface area contributed by atoms with Crippen LogP contribution in [0.15, 0.2) is 12.2 Å². The zero-order chi connectivity index (χ0) is 12.9. The second kappa shape index (κ2) is 4.11. The number of hydrogen-bond donors (Lipinski definition) is 2. The van der Waals surface area contributed by atoms with Crippen LogP contribution in [-0.2, 0) is 9.59 Å². The minimum absolute atomic E-state index is 0.0415. The lowest BCUT2D eigenvalue weighted by Gasteiger charge is -2.23. The van der Waals surface area contributed by atoms with Gasteiger partial charge < -0.3 is 10.4 Å². The fraction of sp³-hybridized carbons (Fsp3) is 0.714. The van der Waals surface area contributed by atoms with Gasteiger partial charge in [0.25, 0.3) is 0 Å². The standard InChI is InChI=1S/C14H19NO3/c1-2-7-6-10(7)15-13(16)11-8-3-4-9(5-8)12(11)14(17)18/h3-4,7-12H,2,5-6H2,1H3,(H,15,16)(H,17,18)/t7?,8?,9?,10?,11-,12+/m0/s1. The van der Waals surface area contributed by atoms with Crippen LogP contribution in [-0.4, -0.2) is 23.0 Å². The highest BCUT2D eigenvalue weighted by atomic mass is 16.4. The van der Waals surface area contributed by atoms with Gasteiger partial charge in [0.1, 0.15) is 0 Å². The summed E-state index contributed by atoms with van der Waals surface area (Å²) in [4.78, 5) is 23.6. The maximum absolute atomic E-state index is 12.3. The molecule has 0 aromatic heterocycles. The van der Waals surface area contributed by atoms with Crippen LogP contribution in [0.4, 0.5) is 0 Å². The molecule has 2 bridgehead atoms. The third-order valence-electron chi connectivity index (χ3n) is 4.82. The first-order chi connectivity index (χ1) is 8.61. The van der Waals surface area contributed by atoms with Gasteiger partial charge in [0.2, 0.25) is 5.91 Å². The van der Waals surface area contributed by atoms with Gasteiger partial charge in [-0.05, 0) is 30.6 Å². The maximum atomic E-state index is 12.3. The molecule has 2 N–H and O–H groups in total. The van der Waals surface area contributed by atoms with Crippen molar-refractivity contribution in [1.29, 1.82) is 0 Å². The molecule has 4 nitrogen and oxygen atoms in total. The van der Waals surface area contributed by atoms with Crippen LogP contribution in [0.1, 0.15) is 26.2 Å². The summed E-state index contributed by atoms with van der Waals surface area (Å²) in [5.74, 6) is -0.935. The summed E-state index contributed by atoms with van der Waals surface area (Å²) in [6, 6.07) is 0.292. The Morgan fingerprint density at radius 2 is 1.89 bits per heavy atom. The predicted octanol–water partition coefficient (Wildman–Crippen LogP) is 1.42. The maximum Gasteiger partial charge on any atom is 0.307 e. The molecular formula is C14H19NO3. The summed E-state index contributed by atoms with van der Waals surface area (Å²) in [6.45, 7) is 2.12. The molecule has 0 aromatic carbocycles. The van der Waals surface area contributed by atoms with Crippen molar-refractivity contribution >= 4 is 11.9 Å². The van der Waals surface area contributed by atoms with Crippen molar-refractivity contribution in [2.75, 3.05) is 0 Å². The molecule has 0 radical (unpaired) electrons. The van der Waals surface area contributed by atoms with E-state index in [1.54, 1.807) is 0 Å². The Hall–Kier alpha value is -1.32. The molecule has 6 atom stereocenters. The number of aliphatic carboxylic acids is 1. The number of amides is 1. The van der Waals surface area contributed by atoms with Gasteiger partial charge in [-0.3, -0.25) is 9.59 Å². The van der Waals surface area contributed by atoms with Crippen LogP contribution in [0.3, 0.4) is 0 Å². The fourth-order valence-electron chi connectivity index (χ4n) is 3.67. The van der Waals surface area contributed by atoms with Crippen molar-refractivity contribution in [1.82, 2.24) is 5.32 Å². The summed E-state index contributed by atoms with van der Waals surface area (Å²) in [5, 5.41) is 12.3. The van der Waals surface area contributed by atoms with Crippen molar-refractivity contribution in [2.45, 2.75) is 32.2 Å². The van der Waals surface area contributed by atoms with Gasteiger partial charge in [0.05, 0.1) is 11.8 Å². The summed E-state index contributed by atoms with van der Waals surface area (Å²) in [5.41, 5.74) is 0. The second-order valence-electron chi connectivity index (χ2n) is 5.86. The van der Waals surface area contributed by atoms with Gasteiger partial charge in [-0.1, -0.05) is 25.5 Å². The number of carbonyl (C=O) groups excluding carboxylic acids is 1. The fourth-order valence-corrected chi connectivity index (χ4v) is 3.67. The van der Waals surface area contributed by atoms with Gasteiger partial charge in [-0.15, -0.1) is 0 Å². The van der Waals surface area contributed by atoms with E-state index in [4.69, 9.17) is 0 Å². The number of carboxylic acid groups (broad SMARTS) is 1. The van der Waals surface area contributed by atoms with Crippen LogP contribution in [0.5, 0.6) is 0 Å². The molecule has 4 heteroatoms. The van der Waals surface area contributed by atoms with E-state index in [0.29, 0.717) is 12.0 Å². The van der Waals surface area contributed by atoms with Gasteiger partial charge in [0.15, 0.2) is 0 Å². The minimum Gasteiger partial charge on any atom is -0.481 e. The number of rotatable bonds is 4. The van der Waals surface area contributed by atoms with Gasteiger partial charge >= 0.3 is 5.97 Å². The van der Waals surface area contributed by atoms with Crippen LogP contribution in [0.25, 0.3) is 0 Å². The minimum atomic E-state index is -0.824. The molecule has 3 rings (SSSR count).